The molecule has 2 heterocycles. The topological polar surface area (TPSA) is 98.1 Å². The van der Waals surface area contributed by atoms with Crippen molar-refractivity contribution in [1.29, 1.82) is 0 Å². The lowest BCUT2D eigenvalue weighted by Gasteiger charge is -2.09. The van der Waals surface area contributed by atoms with E-state index in [1.807, 2.05) is 0 Å². The predicted octanol–water partition coefficient (Wildman–Crippen LogP) is -0.806. The summed E-state index contributed by atoms with van der Waals surface area (Å²) in [6.45, 7) is 1.69. The van der Waals surface area contributed by atoms with E-state index < -0.39 is 25.9 Å². The Bertz CT molecular complexity index is 640. The Morgan fingerprint density at radius 3 is 2.61 bits per heavy atom. The van der Waals surface area contributed by atoms with E-state index in [0.29, 0.717) is 12.2 Å². The van der Waals surface area contributed by atoms with Crippen LogP contribution in [-0.2, 0) is 26.9 Å². The van der Waals surface area contributed by atoms with Gasteiger partial charge in [0.2, 0.25) is 0 Å². The number of hydrogen-bond acceptors (Lipinski definition) is 5. The van der Waals surface area contributed by atoms with Gasteiger partial charge in [0.25, 0.3) is 10.0 Å². The van der Waals surface area contributed by atoms with Gasteiger partial charge in [-0.1, -0.05) is 0 Å². The Kier molecular flexibility index (Phi) is 3.24. The van der Waals surface area contributed by atoms with Crippen molar-refractivity contribution in [3.05, 3.63) is 12.0 Å². The van der Waals surface area contributed by atoms with E-state index in [2.05, 4.69) is 9.71 Å². The molecule has 0 amide bonds. The number of nitrogens with zero attached hydrogens (tertiary/aromatic N) is 2. The zero-order chi connectivity index (χ0) is 13.6. The SMILES string of the molecule is Cc1nc(S(=O)(=O)N[C@@H]2CCS(=O)(=O)C2)cn1C. The monoisotopic (exact) mass is 293 g/mol. The van der Waals surface area contributed by atoms with Gasteiger partial charge in [-0.3, -0.25) is 0 Å². The van der Waals surface area contributed by atoms with Gasteiger partial charge in [0.05, 0.1) is 11.5 Å². The molecular formula is C9H15N3O4S2. The molecule has 2 rings (SSSR count). The van der Waals surface area contributed by atoms with Gasteiger partial charge in [0.1, 0.15) is 5.82 Å². The van der Waals surface area contributed by atoms with Crippen molar-refractivity contribution < 1.29 is 16.8 Å². The molecule has 7 nitrogen and oxygen atoms in total. The van der Waals surface area contributed by atoms with E-state index in [0.717, 1.165) is 0 Å². The molecule has 18 heavy (non-hydrogen) atoms. The summed E-state index contributed by atoms with van der Waals surface area (Å²) in [6.07, 6.45) is 1.72. The molecule has 1 aromatic rings. The lowest BCUT2D eigenvalue weighted by Crippen LogP contribution is -2.35. The van der Waals surface area contributed by atoms with Gasteiger partial charge < -0.3 is 4.57 Å². The summed E-state index contributed by atoms with van der Waals surface area (Å²) in [5.41, 5.74) is 0. The predicted molar refractivity (Wildman–Crippen MR) is 65.3 cm³/mol. The first-order valence-corrected chi connectivity index (χ1v) is 8.73. The molecule has 0 spiro atoms. The van der Waals surface area contributed by atoms with Crippen molar-refractivity contribution in [2.24, 2.45) is 7.05 Å². The van der Waals surface area contributed by atoms with E-state index >= 15 is 0 Å². The molecular weight excluding hydrogens is 278 g/mol. The van der Waals surface area contributed by atoms with Gasteiger partial charge >= 0.3 is 0 Å². The molecule has 0 bridgehead atoms. The second-order valence-electron chi connectivity index (χ2n) is 4.46. The highest BCUT2D eigenvalue weighted by molar-refractivity contribution is 7.92. The third-order valence-electron chi connectivity index (χ3n) is 2.92. The molecule has 0 radical (unpaired) electrons. The van der Waals surface area contributed by atoms with Crippen molar-refractivity contribution >= 4 is 19.9 Å². The second kappa shape index (κ2) is 4.32. The first-order chi connectivity index (χ1) is 8.20. The summed E-state index contributed by atoms with van der Waals surface area (Å²) in [5.74, 6) is 0.467. The fourth-order valence-corrected chi connectivity index (χ4v) is 4.91. The zero-order valence-corrected chi connectivity index (χ0v) is 11.8. The Hall–Kier alpha value is -0.930. The molecule has 1 atom stereocenters. The standard InChI is InChI=1S/C9H15N3O4S2/c1-7-10-9(5-12(7)2)18(15,16)11-8-3-4-17(13,14)6-8/h5,8,11H,3-4,6H2,1-2H3/t8-/m1/s1. The number of imidazole rings is 1. The van der Waals surface area contributed by atoms with Crippen LogP contribution in [0.5, 0.6) is 0 Å². The van der Waals surface area contributed by atoms with Crippen LogP contribution in [-0.4, -0.2) is 43.9 Å². The number of hydrogen-bond donors (Lipinski definition) is 1. The highest BCUT2D eigenvalue weighted by atomic mass is 32.2. The molecule has 0 saturated carbocycles. The fraction of sp³-hybridized carbons (Fsp3) is 0.667. The Morgan fingerprint density at radius 1 is 1.50 bits per heavy atom. The van der Waals surface area contributed by atoms with Crippen LogP contribution in [0.25, 0.3) is 0 Å². The summed E-state index contributed by atoms with van der Waals surface area (Å²) < 4.78 is 50.5. The van der Waals surface area contributed by atoms with E-state index in [4.69, 9.17) is 0 Å². The maximum atomic E-state index is 12.0. The number of sulfone groups is 1. The van der Waals surface area contributed by atoms with Crippen LogP contribution in [0, 0.1) is 6.92 Å². The van der Waals surface area contributed by atoms with Crippen LogP contribution in [0.3, 0.4) is 0 Å². The smallest absolute Gasteiger partial charge is 0.259 e. The summed E-state index contributed by atoms with van der Waals surface area (Å²) in [6, 6.07) is -0.553. The third-order valence-corrected chi connectivity index (χ3v) is 6.08. The molecule has 0 aromatic carbocycles. The Balaban J connectivity index is 2.18. The molecule has 1 aromatic heterocycles. The van der Waals surface area contributed by atoms with E-state index in [1.54, 1.807) is 18.5 Å². The lowest BCUT2D eigenvalue weighted by molar-refractivity contribution is 0.559. The van der Waals surface area contributed by atoms with Crippen molar-refractivity contribution in [2.75, 3.05) is 11.5 Å². The van der Waals surface area contributed by atoms with Crippen LogP contribution >= 0.6 is 0 Å². The highest BCUT2D eigenvalue weighted by Gasteiger charge is 2.32. The van der Waals surface area contributed by atoms with E-state index in [-0.39, 0.29) is 16.5 Å². The van der Waals surface area contributed by atoms with E-state index in [9.17, 15) is 16.8 Å². The largest absolute Gasteiger partial charge is 0.337 e. The summed E-state index contributed by atoms with van der Waals surface area (Å²) >= 11 is 0. The summed E-state index contributed by atoms with van der Waals surface area (Å²) in [5, 5.41) is -0.0770. The molecule has 0 unspecified atom stereocenters. The van der Waals surface area contributed by atoms with Gasteiger partial charge in [-0.25, -0.2) is 26.5 Å². The maximum absolute atomic E-state index is 12.0. The number of rotatable bonds is 3. The molecule has 0 aliphatic carbocycles. The zero-order valence-electron chi connectivity index (χ0n) is 10.1. The first kappa shape index (κ1) is 13.5. The van der Waals surface area contributed by atoms with Gasteiger partial charge in [0.15, 0.2) is 14.9 Å². The van der Waals surface area contributed by atoms with Crippen LogP contribution in [0.1, 0.15) is 12.2 Å². The van der Waals surface area contributed by atoms with Gasteiger partial charge in [-0.05, 0) is 13.3 Å². The van der Waals surface area contributed by atoms with Gasteiger partial charge in [0, 0.05) is 19.3 Å². The molecule has 1 aliphatic heterocycles. The average molecular weight is 293 g/mol. The first-order valence-electron chi connectivity index (χ1n) is 5.42. The normalized spacial score (nSPS) is 23.3. The van der Waals surface area contributed by atoms with Crippen LogP contribution in [0.2, 0.25) is 0 Å². The van der Waals surface area contributed by atoms with Gasteiger partial charge in [-0.2, -0.15) is 0 Å². The minimum Gasteiger partial charge on any atom is -0.337 e. The van der Waals surface area contributed by atoms with Crippen molar-refractivity contribution in [1.82, 2.24) is 14.3 Å². The fourth-order valence-electron chi connectivity index (χ4n) is 1.82. The van der Waals surface area contributed by atoms with Crippen LogP contribution in [0.4, 0.5) is 0 Å². The van der Waals surface area contributed by atoms with E-state index in [1.165, 1.54) is 6.20 Å². The number of aromatic nitrogens is 2. The summed E-state index contributed by atoms with van der Waals surface area (Å²) in [7, 11) is -5.15. The molecule has 9 heteroatoms. The minimum atomic E-state index is -3.74. The third kappa shape index (κ3) is 2.73. The molecule has 1 saturated heterocycles. The van der Waals surface area contributed by atoms with Crippen molar-refractivity contribution in [3.63, 3.8) is 0 Å². The van der Waals surface area contributed by atoms with Crippen LogP contribution < -0.4 is 4.72 Å². The van der Waals surface area contributed by atoms with Gasteiger partial charge in [-0.15, -0.1) is 0 Å². The number of aryl methyl sites for hydroxylation is 2. The van der Waals surface area contributed by atoms with Crippen molar-refractivity contribution in [3.8, 4) is 0 Å². The quantitative estimate of drug-likeness (QED) is 0.786. The minimum absolute atomic E-state index is 0.0292. The number of nitrogens with one attached hydrogen (secondary N) is 1. The highest BCUT2D eigenvalue weighted by Crippen LogP contribution is 2.15. The molecule has 1 N–H and O–H groups in total. The van der Waals surface area contributed by atoms with Crippen LogP contribution in [0.15, 0.2) is 11.2 Å². The maximum Gasteiger partial charge on any atom is 0.259 e. The summed E-state index contributed by atoms with van der Waals surface area (Å²) in [4.78, 5) is 3.92. The van der Waals surface area contributed by atoms with Crippen molar-refractivity contribution in [2.45, 2.75) is 24.4 Å². The molecule has 1 aliphatic rings. The Labute approximate surface area is 106 Å². The molecule has 102 valence electrons. The Morgan fingerprint density at radius 2 is 2.17 bits per heavy atom. The second-order valence-corrected chi connectivity index (χ2v) is 8.35. The number of sulfonamides is 1. The lowest BCUT2D eigenvalue weighted by atomic mass is 10.3. The molecule has 1 fully saturated rings. The average Bonchev–Trinajstić information content (AvgIpc) is 2.71.